The summed E-state index contributed by atoms with van der Waals surface area (Å²) in [6.07, 6.45) is 0.751. The largest absolute Gasteiger partial charge is 0.497 e. The monoisotopic (exact) mass is 269 g/mol. The quantitative estimate of drug-likeness (QED) is 0.803. The van der Waals surface area contributed by atoms with Crippen LogP contribution in [0.1, 0.15) is 15.9 Å². The molecule has 2 rings (SSSR count). The lowest BCUT2D eigenvalue weighted by molar-refractivity contribution is 0.112. The smallest absolute Gasteiger partial charge is 0.150 e. The maximum absolute atomic E-state index is 10.1. The van der Waals surface area contributed by atoms with Crippen molar-refractivity contribution in [3.63, 3.8) is 0 Å². The third-order valence-electron chi connectivity index (χ3n) is 2.47. The second-order valence-electron chi connectivity index (χ2n) is 3.73. The molecule has 0 bridgehead atoms. The Hall–Kier alpha value is -2.80. The number of ether oxygens (including phenoxy) is 2. The topological polar surface area (TPSA) is 59.3 Å². The average Bonchev–Trinajstić information content (AvgIpc) is 2.55. The molecule has 0 aromatic heterocycles. The summed E-state index contributed by atoms with van der Waals surface area (Å²) in [5, 5.41) is 8.36. The van der Waals surface area contributed by atoms with Crippen LogP contribution in [0.15, 0.2) is 48.5 Å². The third kappa shape index (κ3) is 4.83. The van der Waals surface area contributed by atoms with Crippen molar-refractivity contribution in [1.29, 1.82) is 5.26 Å². The maximum Gasteiger partial charge on any atom is 0.150 e. The van der Waals surface area contributed by atoms with Crippen molar-refractivity contribution < 1.29 is 14.3 Å². The fourth-order valence-corrected chi connectivity index (χ4v) is 1.35. The molecule has 0 aliphatic rings. The van der Waals surface area contributed by atoms with Crippen molar-refractivity contribution in [2.45, 2.75) is 0 Å². The summed E-state index contributed by atoms with van der Waals surface area (Å²) in [6, 6.07) is 15.9. The van der Waals surface area contributed by atoms with E-state index in [4.69, 9.17) is 14.7 Å². The Morgan fingerprint density at radius 1 is 0.900 bits per heavy atom. The summed E-state index contributed by atoms with van der Waals surface area (Å²) in [4.78, 5) is 10.1. The minimum atomic E-state index is 0.575. The van der Waals surface area contributed by atoms with E-state index in [-0.39, 0.29) is 0 Å². The lowest BCUT2D eigenvalue weighted by atomic mass is 10.2. The number of carbonyl (C=O) groups excluding carboxylic acids is 1. The Morgan fingerprint density at radius 2 is 1.35 bits per heavy atom. The summed E-state index contributed by atoms with van der Waals surface area (Å²) >= 11 is 0. The van der Waals surface area contributed by atoms with Crippen LogP contribution in [0.5, 0.6) is 11.5 Å². The Kier molecular flexibility index (Phi) is 6.35. The molecule has 20 heavy (non-hydrogen) atoms. The van der Waals surface area contributed by atoms with Crippen molar-refractivity contribution in [2.75, 3.05) is 14.2 Å². The zero-order valence-electron chi connectivity index (χ0n) is 11.4. The van der Waals surface area contributed by atoms with E-state index in [1.807, 2.05) is 30.3 Å². The van der Waals surface area contributed by atoms with Crippen LogP contribution >= 0.6 is 0 Å². The molecule has 0 unspecified atom stereocenters. The zero-order chi connectivity index (χ0) is 14.8. The van der Waals surface area contributed by atoms with Gasteiger partial charge in [-0.25, -0.2) is 0 Å². The Morgan fingerprint density at radius 3 is 1.65 bits per heavy atom. The molecular weight excluding hydrogens is 254 g/mol. The summed E-state index contributed by atoms with van der Waals surface area (Å²) < 4.78 is 9.92. The summed E-state index contributed by atoms with van der Waals surface area (Å²) in [5.74, 6) is 1.70. The van der Waals surface area contributed by atoms with Gasteiger partial charge in [0.05, 0.1) is 25.9 Å². The van der Waals surface area contributed by atoms with E-state index in [9.17, 15) is 4.79 Å². The second-order valence-corrected chi connectivity index (χ2v) is 3.73. The first-order valence-electron chi connectivity index (χ1n) is 5.87. The number of carbonyl (C=O) groups is 1. The summed E-state index contributed by atoms with van der Waals surface area (Å²) in [5.41, 5.74) is 1.17. The van der Waals surface area contributed by atoms with E-state index >= 15 is 0 Å². The Balaban J connectivity index is 0.000000200. The van der Waals surface area contributed by atoms with Crippen molar-refractivity contribution >= 4 is 6.29 Å². The van der Waals surface area contributed by atoms with Gasteiger partial charge in [-0.15, -0.1) is 0 Å². The number of nitrogens with zero attached hydrogens (tertiary/aromatic N) is 1. The van der Waals surface area contributed by atoms with Crippen LogP contribution in [0.3, 0.4) is 0 Å². The fraction of sp³-hybridized carbons (Fsp3) is 0.125. The molecule has 2 aromatic rings. The highest BCUT2D eigenvalue weighted by Crippen LogP contribution is 2.15. The van der Waals surface area contributed by atoms with Crippen molar-refractivity contribution in [1.82, 2.24) is 0 Å². The Labute approximate surface area is 118 Å². The van der Waals surface area contributed by atoms with Crippen molar-refractivity contribution in [3.8, 4) is 17.6 Å². The first-order valence-corrected chi connectivity index (χ1v) is 5.87. The minimum absolute atomic E-state index is 0.575. The molecule has 0 fully saturated rings. The average molecular weight is 269 g/mol. The van der Waals surface area contributed by atoms with Crippen LogP contribution in [0.4, 0.5) is 0 Å². The molecule has 0 N–H and O–H groups in total. The molecule has 0 radical (unpaired) electrons. The molecule has 0 aliphatic carbocycles. The lowest BCUT2D eigenvalue weighted by Crippen LogP contribution is -1.83. The van der Waals surface area contributed by atoms with E-state index in [0.717, 1.165) is 17.8 Å². The standard InChI is InChI=1S/C8H5NO.C8H10O2/c9-5-7-1-3-8(6-10)4-2-7;1-9-7-3-5-8(10-2)6-4-7/h1-4,6H;3-6H,1-2H3. The predicted octanol–water partition coefficient (Wildman–Crippen LogP) is 3.07. The second kappa shape index (κ2) is 8.33. The first-order chi connectivity index (χ1) is 9.73. The van der Waals surface area contributed by atoms with Crippen LogP contribution in [0.2, 0.25) is 0 Å². The van der Waals surface area contributed by atoms with Gasteiger partial charge in [-0.3, -0.25) is 4.79 Å². The van der Waals surface area contributed by atoms with Gasteiger partial charge in [-0.1, -0.05) is 12.1 Å². The highest BCUT2D eigenvalue weighted by atomic mass is 16.5. The van der Waals surface area contributed by atoms with E-state index in [1.54, 1.807) is 38.5 Å². The molecule has 0 aliphatic heterocycles. The fourth-order valence-electron chi connectivity index (χ4n) is 1.35. The highest BCUT2D eigenvalue weighted by Gasteiger charge is 1.90. The van der Waals surface area contributed by atoms with E-state index in [0.29, 0.717) is 11.1 Å². The minimum Gasteiger partial charge on any atom is -0.497 e. The van der Waals surface area contributed by atoms with Gasteiger partial charge in [0.15, 0.2) is 0 Å². The van der Waals surface area contributed by atoms with Gasteiger partial charge in [-0.05, 0) is 36.4 Å². The van der Waals surface area contributed by atoms with Crippen LogP contribution in [-0.2, 0) is 0 Å². The molecule has 0 atom stereocenters. The number of aldehydes is 1. The molecule has 0 heterocycles. The predicted molar refractivity (Wildman–Crippen MR) is 76.1 cm³/mol. The molecule has 0 saturated heterocycles. The summed E-state index contributed by atoms with van der Waals surface area (Å²) in [7, 11) is 3.28. The number of benzene rings is 2. The van der Waals surface area contributed by atoms with Crippen LogP contribution in [0, 0.1) is 11.3 Å². The molecule has 0 saturated carbocycles. The number of hydrogen-bond donors (Lipinski definition) is 0. The van der Waals surface area contributed by atoms with Crippen LogP contribution < -0.4 is 9.47 Å². The van der Waals surface area contributed by atoms with Gasteiger partial charge in [0.1, 0.15) is 17.8 Å². The highest BCUT2D eigenvalue weighted by molar-refractivity contribution is 5.74. The first kappa shape index (κ1) is 15.3. The maximum atomic E-state index is 10.1. The zero-order valence-corrected chi connectivity index (χ0v) is 11.4. The molecular formula is C16H15NO3. The van der Waals surface area contributed by atoms with Crippen LogP contribution in [-0.4, -0.2) is 20.5 Å². The molecule has 0 amide bonds. The molecule has 4 nitrogen and oxygen atoms in total. The number of methoxy groups -OCH3 is 2. The molecule has 4 heteroatoms. The van der Waals surface area contributed by atoms with E-state index < -0.39 is 0 Å². The van der Waals surface area contributed by atoms with Gasteiger partial charge in [0, 0.05) is 5.56 Å². The Bertz CT molecular complexity index is 545. The van der Waals surface area contributed by atoms with Gasteiger partial charge in [0.2, 0.25) is 0 Å². The van der Waals surface area contributed by atoms with E-state index in [1.165, 1.54) is 0 Å². The third-order valence-corrected chi connectivity index (χ3v) is 2.47. The SMILES string of the molecule is COc1ccc(OC)cc1.N#Cc1ccc(C=O)cc1. The lowest BCUT2D eigenvalue weighted by Gasteiger charge is -2.00. The van der Waals surface area contributed by atoms with Crippen molar-refractivity contribution in [2.24, 2.45) is 0 Å². The van der Waals surface area contributed by atoms with Gasteiger partial charge in [0.25, 0.3) is 0 Å². The molecule has 0 spiro atoms. The molecule has 102 valence electrons. The van der Waals surface area contributed by atoms with Crippen molar-refractivity contribution in [3.05, 3.63) is 59.7 Å². The van der Waals surface area contributed by atoms with Gasteiger partial charge < -0.3 is 9.47 Å². The number of rotatable bonds is 3. The summed E-state index contributed by atoms with van der Waals surface area (Å²) in [6.45, 7) is 0. The molecule has 2 aromatic carbocycles. The van der Waals surface area contributed by atoms with Gasteiger partial charge >= 0.3 is 0 Å². The number of nitriles is 1. The van der Waals surface area contributed by atoms with Gasteiger partial charge in [-0.2, -0.15) is 5.26 Å². The van der Waals surface area contributed by atoms with E-state index in [2.05, 4.69) is 0 Å². The normalized spacial score (nSPS) is 8.65. The van der Waals surface area contributed by atoms with Crippen LogP contribution in [0.25, 0.3) is 0 Å². The number of hydrogen-bond acceptors (Lipinski definition) is 4.